The molecule has 0 spiro atoms. The molecule has 23 heavy (non-hydrogen) atoms. The van der Waals surface area contributed by atoms with Gasteiger partial charge < -0.3 is 14.5 Å². The number of carbonyl (C=O) groups is 1. The lowest BCUT2D eigenvalue weighted by molar-refractivity contribution is 0.0916. The van der Waals surface area contributed by atoms with Crippen molar-refractivity contribution in [2.45, 2.75) is 25.9 Å². The Bertz CT molecular complexity index is 722. The summed E-state index contributed by atoms with van der Waals surface area (Å²) >= 11 is 5.13. The fourth-order valence-electron chi connectivity index (χ4n) is 2.62. The highest BCUT2D eigenvalue weighted by Gasteiger charge is 2.18. The number of fused-ring (bicyclic) bond motifs is 1. The van der Waals surface area contributed by atoms with Crippen molar-refractivity contribution in [3.63, 3.8) is 0 Å². The van der Waals surface area contributed by atoms with E-state index in [0.29, 0.717) is 17.2 Å². The fraction of sp³-hybridized carbons (Fsp3) is 0.375. The van der Waals surface area contributed by atoms with E-state index in [2.05, 4.69) is 16.2 Å². The van der Waals surface area contributed by atoms with E-state index in [1.807, 2.05) is 31.2 Å². The van der Waals surface area contributed by atoms with Crippen LogP contribution >= 0.6 is 12.2 Å². The summed E-state index contributed by atoms with van der Waals surface area (Å²) in [6, 6.07) is 7.54. The number of carbonyl (C=O) groups excluding carboxylic acids is 1. The van der Waals surface area contributed by atoms with Gasteiger partial charge >= 0.3 is 5.91 Å². The molecular weight excluding hydrogens is 314 g/mol. The number of rotatable bonds is 3. The van der Waals surface area contributed by atoms with Crippen LogP contribution in [-0.2, 0) is 4.74 Å². The van der Waals surface area contributed by atoms with Crippen LogP contribution in [0.25, 0.3) is 11.0 Å². The molecule has 1 fully saturated rings. The van der Waals surface area contributed by atoms with Gasteiger partial charge in [0.2, 0.25) is 0 Å². The number of hydrogen-bond acceptors (Lipinski definition) is 4. The number of para-hydroxylation sites is 1. The molecule has 122 valence electrons. The molecule has 0 radical (unpaired) electrons. The van der Waals surface area contributed by atoms with Gasteiger partial charge in [-0.2, -0.15) is 0 Å². The van der Waals surface area contributed by atoms with Crippen LogP contribution in [-0.4, -0.2) is 30.3 Å². The standard InChI is InChI=1S/C16H19N3O3S/c1-10-12-6-2-3-7-13(12)22-14(10)15(20)18-19-16(23)17-9-11-5-4-8-21-11/h2-3,6-7,11H,4-5,8-9H2,1H3,(H,18,20)(H2,17,19,23). The number of furan rings is 1. The minimum absolute atomic E-state index is 0.183. The normalized spacial score (nSPS) is 17.2. The number of ether oxygens (including phenoxy) is 1. The molecule has 2 aromatic rings. The van der Waals surface area contributed by atoms with Gasteiger partial charge in [0, 0.05) is 24.1 Å². The van der Waals surface area contributed by atoms with Crippen molar-refractivity contribution in [1.82, 2.24) is 16.2 Å². The molecule has 7 heteroatoms. The van der Waals surface area contributed by atoms with Gasteiger partial charge in [0.1, 0.15) is 5.58 Å². The SMILES string of the molecule is Cc1c(C(=O)NNC(=S)NCC2CCCO2)oc2ccccc12. The predicted octanol–water partition coefficient (Wildman–Crippen LogP) is 2.03. The third-order valence-corrected chi connectivity index (χ3v) is 4.10. The lowest BCUT2D eigenvalue weighted by atomic mass is 10.1. The van der Waals surface area contributed by atoms with Gasteiger partial charge in [-0.15, -0.1) is 0 Å². The van der Waals surface area contributed by atoms with Gasteiger partial charge in [-0.05, 0) is 38.0 Å². The molecule has 1 amide bonds. The maximum absolute atomic E-state index is 12.2. The molecular formula is C16H19N3O3S. The Labute approximate surface area is 139 Å². The molecule has 3 rings (SSSR count). The highest BCUT2D eigenvalue weighted by atomic mass is 32.1. The molecule has 3 N–H and O–H groups in total. The topological polar surface area (TPSA) is 75.5 Å². The van der Waals surface area contributed by atoms with E-state index >= 15 is 0 Å². The first-order valence-corrected chi connectivity index (χ1v) is 8.00. The van der Waals surface area contributed by atoms with Gasteiger partial charge in [0.15, 0.2) is 10.9 Å². The zero-order valence-corrected chi connectivity index (χ0v) is 13.7. The van der Waals surface area contributed by atoms with E-state index < -0.39 is 0 Å². The number of nitrogens with one attached hydrogen (secondary N) is 3. The molecule has 1 aliphatic heterocycles. The first kappa shape index (κ1) is 15.8. The first-order chi connectivity index (χ1) is 11.1. The van der Waals surface area contributed by atoms with Gasteiger partial charge in [0.05, 0.1) is 6.10 Å². The predicted molar refractivity (Wildman–Crippen MR) is 91.1 cm³/mol. The molecule has 1 aromatic heterocycles. The van der Waals surface area contributed by atoms with Crippen LogP contribution in [0.3, 0.4) is 0 Å². The summed E-state index contributed by atoms with van der Waals surface area (Å²) in [5.41, 5.74) is 6.72. The second kappa shape index (κ2) is 6.97. The molecule has 1 saturated heterocycles. The second-order valence-electron chi connectivity index (χ2n) is 5.48. The largest absolute Gasteiger partial charge is 0.451 e. The molecule has 1 unspecified atom stereocenters. The van der Waals surface area contributed by atoms with Crippen LogP contribution in [0.4, 0.5) is 0 Å². The molecule has 0 saturated carbocycles. The Morgan fingerprint density at radius 2 is 2.17 bits per heavy atom. The van der Waals surface area contributed by atoms with Crippen LogP contribution in [0.15, 0.2) is 28.7 Å². The lowest BCUT2D eigenvalue weighted by Crippen LogP contribution is -2.48. The zero-order valence-electron chi connectivity index (χ0n) is 12.8. The van der Waals surface area contributed by atoms with Crippen molar-refractivity contribution in [2.24, 2.45) is 0 Å². The number of thiocarbonyl (C=S) groups is 1. The van der Waals surface area contributed by atoms with Crippen LogP contribution in [0.2, 0.25) is 0 Å². The van der Waals surface area contributed by atoms with E-state index in [1.165, 1.54) is 0 Å². The van der Waals surface area contributed by atoms with Gasteiger partial charge in [-0.3, -0.25) is 15.6 Å². The van der Waals surface area contributed by atoms with Crippen molar-refractivity contribution in [3.05, 3.63) is 35.6 Å². The summed E-state index contributed by atoms with van der Waals surface area (Å²) in [6.45, 7) is 3.29. The van der Waals surface area contributed by atoms with Gasteiger partial charge in [0.25, 0.3) is 0 Å². The summed E-state index contributed by atoms with van der Waals surface area (Å²) in [4.78, 5) is 12.2. The van der Waals surface area contributed by atoms with E-state index in [4.69, 9.17) is 21.4 Å². The molecule has 6 nitrogen and oxygen atoms in total. The molecule has 1 aliphatic rings. The summed E-state index contributed by atoms with van der Waals surface area (Å²) in [5.74, 6) is -0.0828. The van der Waals surface area contributed by atoms with E-state index in [-0.39, 0.29) is 17.8 Å². The average molecular weight is 333 g/mol. The minimum atomic E-state index is -0.361. The maximum Gasteiger partial charge on any atom is 0.305 e. The summed E-state index contributed by atoms with van der Waals surface area (Å²) in [7, 11) is 0. The van der Waals surface area contributed by atoms with Crippen LogP contribution < -0.4 is 16.2 Å². The van der Waals surface area contributed by atoms with Crippen molar-refractivity contribution < 1.29 is 13.9 Å². The molecule has 0 aliphatic carbocycles. The van der Waals surface area contributed by atoms with Crippen LogP contribution in [0.5, 0.6) is 0 Å². The van der Waals surface area contributed by atoms with Crippen molar-refractivity contribution >= 4 is 34.2 Å². The molecule has 2 heterocycles. The number of benzene rings is 1. The summed E-state index contributed by atoms with van der Waals surface area (Å²) in [5, 5.41) is 4.30. The summed E-state index contributed by atoms with van der Waals surface area (Å²) in [6.07, 6.45) is 2.29. The Hall–Kier alpha value is -2.12. The zero-order chi connectivity index (χ0) is 16.2. The smallest absolute Gasteiger partial charge is 0.305 e. The number of hydrazine groups is 1. The fourth-order valence-corrected chi connectivity index (χ4v) is 2.75. The van der Waals surface area contributed by atoms with Crippen LogP contribution in [0.1, 0.15) is 29.0 Å². The Morgan fingerprint density at radius 3 is 2.91 bits per heavy atom. The third kappa shape index (κ3) is 3.62. The number of amides is 1. The van der Waals surface area contributed by atoms with Gasteiger partial charge in [-0.1, -0.05) is 18.2 Å². The third-order valence-electron chi connectivity index (χ3n) is 3.85. The van der Waals surface area contributed by atoms with Crippen molar-refractivity contribution in [2.75, 3.05) is 13.2 Å². The van der Waals surface area contributed by atoms with Crippen molar-refractivity contribution in [1.29, 1.82) is 0 Å². The molecule has 0 bridgehead atoms. The molecule has 1 atom stereocenters. The molecule has 1 aromatic carbocycles. The highest BCUT2D eigenvalue weighted by Crippen LogP contribution is 2.24. The van der Waals surface area contributed by atoms with Crippen LogP contribution in [0, 0.1) is 6.92 Å². The number of aryl methyl sites for hydroxylation is 1. The van der Waals surface area contributed by atoms with E-state index in [1.54, 1.807) is 0 Å². The van der Waals surface area contributed by atoms with E-state index in [0.717, 1.165) is 30.4 Å². The average Bonchev–Trinajstić information content (AvgIpc) is 3.19. The quantitative estimate of drug-likeness (QED) is 0.589. The monoisotopic (exact) mass is 333 g/mol. The maximum atomic E-state index is 12.2. The first-order valence-electron chi connectivity index (χ1n) is 7.59. The minimum Gasteiger partial charge on any atom is -0.451 e. The second-order valence-corrected chi connectivity index (χ2v) is 5.88. The van der Waals surface area contributed by atoms with Crippen molar-refractivity contribution in [3.8, 4) is 0 Å². The van der Waals surface area contributed by atoms with E-state index in [9.17, 15) is 4.79 Å². The Balaban J connectivity index is 1.53. The Kier molecular flexibility index (Phi) is 4.78. The lowest BCUT2D eigenvalue weighted by Gasteiger charge is -2.14. The Morgan fingerprint density at radius 1 is 1.35 bits per heavy atom. The summed E-state index contributed by atoms with van der Waals surface area (Å²) < 4.78 is 11.1. The van der Waals surface area contributed by atoms with Gasteiger partial charge in [-0.25, -0.2) is 0 Å². The number of hydrogen-bond donors (Lipinski definition) is 3. The highest BCUT2D eigenvalue weighted by molar-refractivity contribution is 7.80.